The highest BCUT2D eigenvalue weighted by Crippen LogP contribution is 2.11. The highest BCUT2D eigenvalue weighted by atomic mass is 19.1. The Hall–Kier alpha value is -0.930. The normalized spacial score (nSPS) is 17.7. The molecule has 0 amide bonds. The third-order valence-corrected chi connectivity index (χ3v) is 2.82. The molecular formula is C12H17FN2. The molecule has 1 fully saturated rings. The zero-order valence-electron chi connectivity index (χ0n) is 9.04. The van der Waals surface area contributed by atoms with Crippen LogP contribution in [0.1, 0.15) is 5.56 Å². The van der Waals surface area contributed by atoms with Crippen LogP contribution in [0, 0.1) is 11.7 Å². The second kappa shape index (κ2) is 4.73. The van der Waals surface area contributed by atoms with Crippen molar-refractivity contribution in [2.45, 2.75) is 6.54 Å². The maximum atomic E-state index is 12.6. The lowest BCUT2D eigenvalue weighted by Crippen LogP contribution is -2.48. The molecule has 1 aliphatic rings. The van der Waals surface area contributed by atoms with Gasteiger partial charge in [0.15, 0.2) is 0 Å². The second-order valence-corrected chi connectivity index (χ2v) is 4.34. The average Bonchev–Trinajstić information content (AvgIpc) is 2.18. The van der Waals surface area contributed by atoms with Crippen LogP contribution in [0.4, 0.5) is 4.39 Å². The third-order valence-electron chi connectivity index (χ3n) is 2.82. The molecule has 1 aliphatic heterocycles. The van der Waals surface area contributed by atoms with Crippen LogP contribution >= 0.6 is 0 Å². The molecule has 1 N–H and O–H groups in total. The van der Waals surface area contributed by atoms with Crippen LogP contribution in [0.15, 0.2) is 24.3 Å². The van der Waals surface area contributed by atoms with E-state index in [2.05, 4.69) is 17.3 Å². The van der Waals surface area contributed by atoms with E-state index < -0.39 is 0 Å². The zero-order chi connectivity index (χ0) is 10.7. The van der Waals surface area contributed by atoms with Crippen molar-refractivity contribution < 1.29 is 4.39 Å². The molecule has 1 aromatic carbocycles. The molecule has 82 valence electrons. The largest absolute Gasteiger partial charge is 0.312 e. The summed E-state index contributed by atoms with van der Waals surface area (Å²) in [5.74, 6) is 0.620. The minimum absolute atomic E-state index is 0.167. The number of rotatable bonds is 4. The maximum absolute atomic E-state index is 12.6. The van der Waals surface area contributed by atoms with Gasteiger partial charge in [-0.1, -0.05) is 12.1 Å². The van der Waals surface area contributed by atoms with Crippen molar-refractivity contribution in [1.29, 1.82) is 0 Å². The van der Waals surface area contributed by atoms with Crippen LogP contribution < -0.4 is 5.32 Å². The number of nitrogens with one attached hydrogen (secondary N) is 1. The summed E-state index contributed by atoms with van der Waals surface area (Å²) in [6.07, 6.45) is 0. The van der Waals surface area contributed by atoms with E-state index in [0.717, 1.165) is 24.6 Å². The van der Waals surface area contributed by atoms with Crippen LogP contribution in [-0.2, 0) is 6.54 Å². The molecule has 0 saturated carbocycles. The Morgan fingerprint density at radius 2 is 2.00 bits per heavy atom. The Labute approximate surface area is 90.1 Å². The highest BCUT2D eigenvalue weighted by Gasteiger charge is 2.21. The monoisotopic (exact) mass is 208 g/mol. The fourth-order valence-corrected chi connectivity index (χ4v) is 1.98. The zero-order valence-corrected chi connectivity index (χ0v) is 9.04. The topological polar surface area (TPSA) is 15.3 Å². The SMILES string of the molecule is CN1CC(CNCc2ccc(F)cc2)C1. The predicted octanol–water partition coefficient (Wildman–Crippen LogP) is 1.48. The van der Waals surface area contributed by atoms with E-state index in [0.29, 0.717) is 0 Å². The van der Waals surface area contributed by atoms with Gasteiger partial charge in [0, 0.05) is 26.2 Å². The summed E-state index contributed by atoms with van der Waals surface area (Å²) in [5.41, 5.74) is 1.14. The molecule has 0 bridgehead atoms. The van der Waals surface area contributed by atoms with Crippen molar-refractivity contribution in [3.63, 3.8) is 0 Å². The van der Waals surface area contributed by atoms with Gasteiger partial charge in [-0.25, -0.2) is 4.39 Å². The Bertz CT molecular complexity index is 304. The number of nitrogens with zero attached hydrogens (tertiary/aromatic N) is 1. The van der Waals surface area contributed by atoms with E-state index in [4.69, 9.17) is 0 Å². The lowest BCUT2D eigenvalue weighted by Gasteiger charge is -2.36. The average molecular weight is 208 g/mol. The van der Waals surface area contributed by atoms with Crippen LogP contribution in [0.25, 0.3) is 0 Å². The molecule has 0 aliphatic carbocycles. The van der Waals surface area contributed by atoms with E-state index in [1.807, 2.05) is 12.1 Å². The van der Waals surface area contributed by atoms with Gasteiger partial charge in [0.1, 0.15) is 5.82 Å². The molecule has 0 atom stereocenters. The van der Waals surface area contributed by atoms with Gasteiger partial charge in [-0.15, -0.1) is 0 Å². The minimum Gasteiger partial charge on any atom is -0.312 e. The van der Waals surface area contributed by atoms with Gasteiger partial charge < -0.3 is 10.2 Å². The Morgan fingerprint density at radius 3 is 2.60 bits per heavy atom. The van der Waals surface area contributed by atoms with Crippen molar-refractivity contribution >= 4 is 0 Å². The standard InChI is InChI=1S/C12H17FN2/c1-15-8-11(9-15)7-14-6-10-2-4-12(13)5-3-10/h2-5,11,14H,6-9H2,1H3. The van der Waals surface area contributed by atoms with Crippen LogP contribution in [0.3, 0.4) is 0 Å². The van der Waals surface area contributed by atoms with E-state index in [1.165, 1.54) is 25.2 Å². The van der Waals surface area contributed by atoms with Crippen molar-refractivity contribution in [3.05, 3.63) is 35.6 Å². The number of hydrogen-bond donors (Lipinski definition) is 1. The quantitative estimate of drug-likeness (QED) is 0.806. The van der Waals surface area contributed by atoms with E-state index in [-0.39, 0.29) is 5.82 Å². The fraction of sp³-hybridized carbons (Fsp3) is 0.500. The summed E-state index contributed by atoms with van der Waals surface area (Å²) in [6, 6.07) is 6.67. The molecule has 1 saturated heterocycles. The molecule has 0 radical (unpaired) electrons. The van der Waals surface area contributed by atoms with Gasteiger partial charge >= 0.3 is 0 Å². The Kier molecular flexibility index (Phi) is 3.34. The number of likely N-dealkylation sites (tertiary alicyclic amines) is 1. The van der Waals surface area contributed by atoms with Crippen LogP contribution in [0.2, 0.25) is 0 Å². The molecule has 2 nitrogen and oxygen atoms in total. The molecule has 0 spiro atoms. The first-order valence-corrected chi connectivity index (χ1v) is 5.38. The molecule has 0 aromatic heterocycles. The summed E-state index contributed by atoms with van der Waals surface area (Å²) < 4.78 is 12.6. The Morgan fingerprint density at radius 1 is 1.33 bits per heavy atom. The maximum Gasteiger partial charge on any atom is 0.123 e. The second-order valence-electron chi connectivity index (χ2n) is 4.34. The lowest BCUT2D eigenvalue weighted by molar-refractivity contribution is 0.132. The predicted molar refractivity (Wildman–Crippen MR) is 59.1 cm³/mol. The van der Waals surface area contributed by atoms with E-state index >= 15 is 0 Å². The van der Waals surface area contributed by atoms with Gasteiger partial charge in [-0.2, -0.15) is 0 Å². The van der Waals surface area contributed by atoms with Gasteiger partial charge in [-0.05, 0) is 30.7 Å². The number of benzene rings is 1. The summed E-state index contributed by atoms with van der Waals surface area (Å²) >= 11 is 0. The van der Waals surface area contributed by atoms with Crippen LogP contribution in [-0.4, -0.2) is 31.6 Å². The molecule has 15 heavy (non-hydrogen) atoms. The van der Waals surface area contributed by atoms with Crippen molar-refractivity contribution in [1.82, 2.24) is 10.2 Å². The minimum atomic E-state index is -0.167. The van der Waals surface area contributed by atoms with Crippen molar-refractivity contribution in [2.24, 2.45) is 5.92 Å². The molecule has 1 heterocycles. The molecule has 2 rings (SSSR count). The van der Waals surface area contributed by atoms with Gasteiger partial charge in [0.05, 0.1) is 0 Å². The molecular weight excluding hydrogens is 191 g/mol. The molecule has 3 heteroatoms. The first kappa shape index (κ1) is 10.6. The first-order valence-electron chi connectivity index (χ1n) is 5.38. The first-order chi connectivity index (χ1) is 7.24. The molecule has 1 aromatic rings. The van der Waals surface area contributed by atoms with Crippen molar-refractivity contribution in [3.8, 4) is 0 Å². The lowest BCUT2D eigenvalue weighted by atomic mass is 10.0. The third kappa shape index (κ3) is 3.01. The van der Waals surface area contributed by atoms with Gasteiger partial charge in [-0.3, -0.25) is 0 Å². The Balaban J connectivity index is 1.67. The smallest absolute Gasteiger partial charge is 0.123 e. The van der Waals surface area contributed by atoms with Crippen molar-refractivity contribution in [2.75, 3.05) is 26.7 Å². The summed E-state index contributed by atoms with van der Waals surface area (Å²) in [7, 11) is 2.14. The summed E-state index contributed by atoms with van der Waals surface area (Å²) in [4.78, 5) is 2.31. The summed E-state index contributed by atoms with van der Waals surface area (Å²) in [6.45, 7) is 4.27. The van der Waals surface area contributed by atoms with E-state index in [9.17, 15) is 4.39 Å². The number of hydrogen-bond acceptors (Lipinski definition) is 2. The fourth-order valence-electron chi connectivity index (χ4n) is 1.98. The van der Waals surface area contributed by atoms with Gasteiger partial charge in [0.2, 0.25) is 0 Å². The van der Waals surface area contributed by atoms with Gasteiger partial charge in [0.25, 0.3) is 0 Å². The summed E-state index contributed by atoms with van der Waals surface area (Å²) in [5, 5.41) is 3.39. The molecule has 0 unspecified atom stereocenters. The van der Waals surface area contributed by atoms with E-state index in [1.54, 1.807) is 0 Å². The van der Waals surface area contributed by atoms with Crippen LogP contribution in [0.5, 0.6) is 0 Å². The highest BCUT2D eigenvalue weighted by molar-refractivity contribution is 5.15. The number of halogens is 1.